The third-order valence-electron chi connectivity index (χ3n) is 5.02. The number of carbonyl (C=O) groups excluding carboxylic acids is 1. The first kappa shape index (κ1) is 34.2. The fourth-order valence-electron chi connectivity index (χ4n) is 3.12. The van der Waals surface area contributed by atoms with Crippen molar-refractivity contribution in [2.24, 2.45) is 5.92 Å². The second-order valence-electron chi connectivity index (χ2n) is 6.99. The number of benzene rings is 1. The van der Waals surface area contributed by atoms with Crippen LogP contribution in [-0.4, -0.2) is 36.0 Å². The van der Waals surface area contributed by atoms with Gasteiger partial charge in [0.2, 0.25) is 5.91 Å². The smallest absolute Gasteiger partial charge is 0.680 e. The van der Waals surface area contributed by atoms with Gasteiger partial charge in [0.15, 0.2) is 0 Å². The topological polar surface area (TPSA) is 105 Å². The van der Waals surface area contributed by atoms with Gasteiger partial charge in [0.05, 0.1) is 6.42 Å². The van der Waals surface area contributed by atoms with Crippen molar-refractivity contribution in [1.82, 2.24) is 15.3 Å². The number of rotatable bonds is 6. The van der Waals surface area contributed by atoms with Gasteiger partial charge >= 0.3 is 21.1 Å². The third kappa shape index (κ3) is 13.0. The van der Waals surface area contributed by atoms with Crippen molar-refractivity contribution in [2.45, 2.75) is 59.8 Å². The van der Waals surface area contributed by atoms with Gasteiger partial charge in [-0.2, -0.15) is 7.05 Å². The molecule has 0 unspecified atom stereocenters. The summed E-state index contributed by atoms with van der Waals surface area (Å²) in [5, 5.41) is 4.18. The second kappa shape index (κ2) is 22.8. The number of fused-ring (bicyclic) bond motifs is 1. The van der Waals surface area contributed by atoms with E-state index in [-0.39, 0.29) is 27.0 Å². The predicted octanol–water partition coefficient (Wildman–Crippen LogP) is 7.02. The summed E-state index contributed by atoms with van der Waals surface area (Å²) < 4.78 is 0. The van der Waals surface area contributed by atoms with E-state index in [4.69, 9.17) is 11.5 Å². The maximum absolute atomic E-state index is 11.9. The van der Waals surface area contributed by atoms with E-state index in [0.29, 0.717) is 19.5 Å². The van der Waals surface area contributed by atoms with Crippen molar-refractivity contribution >= 4 is 16.8 Å². The molecular weight excluding hydrogens is 605 g/mol. The molecule has 34 heavy (non-hydrogen) atoms. The molecule has 2 aromatic heterocycles. The van der Waals surface area contributed by atoms with E-state index in [1.54, 1.807) is 12.4 Å². The SMILES string of the molecule is CC.CC.C[NH-].O=C(Cc1ccncc1)NCCc1c[nH]c2ccccc12.[NH-]CC1CCC1.[Pt+2]. The minimum Gasteiger partial charge on any atom is -0.680 e. The van der Waals surface area contributed by atoms with Gasteiger partial charge in [-0.25, -0.2) is 0 Å². The molecule has 7 heteroatoms. The van der Waals surface area contributed by atoms with E-state index in [2.05, 4.69) is 27.4 Å². The summed E-state index contributed by atoms with van der Waals surface area (Å²) in [5.41, 5.74) is 16.0. The van der Waals surface area contributed by atoms with E-state index in [1.165, 1.54) is 37.3 Å². The Balaban J connectivity index is 0. The molecule has 4 rings (SSSR count). The number of para-hydroxylation sites is 1. The minimum absolute atomic E-state index is 0. The molecule has 0 atom stereocenters. The Morgan fingerprint density at radius 1 is 1.06 bits per heavy atom. The third-order valence-corrected chi connectivity index (χ3v) is 5.02. The molecule has 3 aromatic rings. The summed E-state index contributed by atoms with van der Waals surface area (Å²) in [5.74, 6) is 0.825. The quantitative estimate of drug-likeness (QED) is 0.300. The molecule has 0 aliphatic heterocycles. The van der Waals surface area contributed by atoms with E-state index >= 15 is 0 Å². The summed E-state index contributed by atoms with van der Waals surface area (Å²) >= 11 is 0. The fraction of sp³-hybridized carbons (Fsp3) is 0.481. The Morgan fingerprint density at radius 3 is 2.21 bits per heavy atom. The minimum atomic E-state index is 0. The number of amides is 1. The zero-order chi connectivity index (χ0) is 24.9. The Labute approximate surface area is 221 Å². The van der Waals surface area contributed by atoms with Crippen LogP contribution in [0.4, 0.5) is 0 Å². The number of H-pyrrole nitrogens is 1. The molecule has 1 fully saturated rings. The molecule has 4 N–H and O–H groups in total. The molecule has 1 aliphatic carbocycles. The summed E-state index contributed by atoms with van der Waals surface area (Å²) in [6.45, 7) is 9.31. The van der Waals surface area contributed by atoms with E-state index in [1.807, 2.05) is 58.2 Å². The van der Waals surface area contributed by atoms with E-state index < -0.39 is 0 Å². The Hall–Kier alpha value is -2.01. The molecule has 1 amide bonds. The molecule has 1 aliphatic rings. The van der Waals surface area contributed by atoms with E-state index in [0.717, 1.165) is 23.4 Å². The molecule has 0 bridgehead atoms. The summed E-state index contributed by atoms with van der Waals surface area (Å²) in [6.07, 6.45) is 10.7. The van der Waals surface area contributed by atoms with Crippen molar-refractivity contribution < 1.29 is 25.9 Å². The van der Waals surface area contributed by atoms with Gasteiger partial charge in [-0.05, 0) is 35.7 Å². The molecule has 1 saturated carbocycles. The maximum atomic E-state index is 11.9. The summed E-state index contributed by atoms with van der Waals surface area (Å²) in [4.78, 5) is 19.1. The maximum Gasteiger partial charge on any atom is 2.00 e. The van der Waals surface area contributed by atoms with Crippen molar-refractivity contribution in [2.75, 3.05) is 20.1 Å². The number of nitrogens with one attached hydrogen (secondary N) is 4. The van der Waals surface area contributed by atoms with Gasteiger partial charge in [0, 0.05) is 36.0 Å². The predicted molar refractivity (Wildman–Crippen MR) is 142 cm³/mol. The molecule has 0 radical (unpaired) electrons. The first-order valence-electron chi connectivity index (χ1n) is 12.1. The number of pyridine rings is 1. The Morgan fingerprint density at radius 2 is 1.68 bits per heavy atom. The van der Waals surface area contributed by atoms with Gasteiger partial charge in [-0.15, -0.1) is 6.54 Å². The van der Waals surface area contributed by atoms with Crippen LogP contribution >= 0.6 is 0 Å². The van der Waals surface area contributed by atoms with Crippen LogP contribution < -0.4 is 5.32 Å². The van der Waals surface area contributed by atoms with E-state index in [9.17, 15) is 4.79 Å². The number of hydrogen-bond acceptors (Lipinski definition) is 2. The molecular formula is C27H43N5OPt. The van der Waals surface area contributed by atoms with Crippen LogP contribution in [0.1, 0.15) is 58.1 Å². The molecule has 0 spiro atoms. The number of aromatic nitrogens is 2. The zero-order valence-corrected chi connectivity index (χ0v) is 23.7. The number of aromatic amines is 1. The van der Waals surface area contributed by atoms with Crippen LogP contribution in [0.15, 0.2) is 55.0 Å². The van der Waals surface area contributed by atoms with Gasteiger partial charge in [0.25, 0.3) is 0 Å². The molecule has 6 nitrogen and oxygen atoms in total. The van der Waals surface area contributed by atoms with Crippen LogP contribution in [-0.2, 0) is 38.7 Å². The van der Waals surface area contributed by atoms with Crippen molar-refractivity contribution in [3.8, 4) is 0 Å². The first-order chi connectivity index (χ1) is 16.3. The largest absolute Gasteiger partial charge is 2.00 e. The van der Waals surface area contributed by atoms with Crippen molar-refractivity contribution in [1.29, 1.82) is 0 Å². The molecule has 2 heterocycles. The van der Waals surface area contributed by atoms with Crippen LogP contribution in [0, 0.1) is 5.92 Å². The summed E-state index contributed by atoms with van der Waals surface area (Å²) in [6, 6.07) is 11.9. The average Bonchev–Trinajstić information content (AvgIpc) is 3.26. The monoisotopic (exact) mass is 648 g/mol. The number of hydrogen-bond donors (Lipinski definition) is 2. The molecule has 0 saturated heterocycles. The van der Waals surface area contributed by atoms with Gasteiger partial charge in [-0.1, -0.05) is 71.1 Å². The van der Waals surface area contributed by atoms with Crippen LogP contribution in [0.25, 0.3) is 22.4 Å². The van der Waals surface area contributed by atoms with Gasteiger partial charge in [-0.3, -0.25) is 9.78 Å². The van der Waals surface area contributed by atoms with Gasteiger partial charge < -0.3 is 21.8 Å². The summed E-state index contributed by atoms with van der Waals surface area (Å²) in [7, 11) is 1.25. The van der Waals surface area contributed by atoms with Crippen LogP contribution in [0.3, 0.4) is 0 Å². The standard InChI is InChI=1S/C17H17N3O.C5H10N.2C2H6.CH4N.Pt/c21-17(11-13-5-8-18-9-6-13)19-10-7-14-12-20-16-4-2-1-3-15(14)16;6-4-5-2-1-3-5;3*1-2;/h1-6,8-9,12,20H,7,10-11H2,(H,19,21);5-6H,1-4H2;2*1-2H3;2H,1H3;/q;-1;;;-1;+2. The van der Waals surface area contributed by atoms with Crippen molar-refractivity contribution in [3.63, 3.8) is 0 Å². The first-order valence-corrected chi connectivity index (χ1v) is 12.1. The molecule has 192 valence electrons. The van der Waals surface area contributed by atoms with Crippen molar-refractivity contribution in [3.05, 3.63) is 77.6 Å². The zero-order valence-electron chi connectivity index (χ0n) is 21.4. The van der Waals surface area contributed by atoms with Crippen LogP contribution in [0.2, 0.25) is 0 Å². The van der Waals surface area contributed by atoms with Gasteiger partial charge in [0.1, 0.15) is 0 Å². The Kier molecular flexibility index (Phi) is 22.9. The second-order valence-corrected chi connectivity index (χ2v) is 6.99. The normalized spacial score (nSPS) is 11.3. The Bertz CT molecular complexity index is 848. The van der Waals surface area contributed by atoms with Crippen LogP contribution in [0.5, 0.6) is 0 Å². The number of carbonyl (C=O) groups is 1. The average molecular weight is 649 g/mol. The molecule has 1 aromatic carbocycles. The number of nitrogens with zero attached hydrogens (tertiary/aromatic N) is 1. The fourth-order valence-corrected chi connectivity index (χ4v) is 3.12.